The van der Waals surface area contributed by atoms with E-state index in [-0.39, 0.29) is 18.2 Å². The number of carboxylic acid groups (broad SMARTS) is 1. The summed E-state index contributed by atoms with van der Waals surface area (Å²) in [5, 5.41) is 7.84. The predicted octanol–water partition coefficient (Wildman–Crippen LogP) is 2.15. The second-order valence-corrected chi connectivity index (χ2v) is 4.63. The third-order valence-electron chi connectivity index (χ3n) is 2.98. The molecule has 0 radical (unpaired) electrons. The van der Waals surface area contributed by atoms with Gasteiger partial charge in [0.1, 0.15) is 0 Å². The molecule has 2 rings (SSSR count). The fourth-order valence-electron chi connectivity index (χ4n) is 1.85. The Balaban J connectivity index is 0.000000306. The largest absolute Gasteiger partial charge is 0.481 e. The van der Waals surface area contributed by atoms with Gasteiger partial charge in [0.05, 0.1) is 6.42 Å². The van der Waals surface area contributed by atoms with Crippen LogP contribution < -0.4 is 0 Å². The molecule has 0 aromatic heterocycles. The van der Waals surface area contributed by atoms with Gasteiger partial charge in [-0.2, -0.15) is 0 Å². The van der Waals surface area contributed by atoms with Crippen LogP contribution in [-0.4, -0.2) is 45.8 Å². The highest BCUT2D eigenvalue weighted by atomic mass is 16.4. The van der Waals surface area contributed by atoms with Gasteiger partial charge in [-0.05, 0) is 25.2 Å². The van der Waals surface area contributed by atoms with E-state index < -0.39 is 5.97 Å². The Kier molecular flexibility index (Phi) is 10.1. The second-order valence-electron chi connectivity index (χ2n) is 4.63. The summed E-state index contributed by atoms with van der Waals surface area (Å²) in [6.45, 7) is 11.9. The van der Waals surface area contributed by atoms with Crippen molar-refractivity contribution >= 4 is 17.8 Å². The van der Waals surface area contributed by atoms with Crippen molar-refractivity contribution in [2.75, 3.05) is 13.1 Å². The molecule has 0 aromatic rings. The number of likely N-dealkylation sites (tertiary alicyclic amines) is 2. The number of hydrogen-bond donors (Lipinski definition) is 1. The molecule has 2 aliphatic rings. The number of hydrogen-bond acceptors (Lipinski definition) is 3. The Morgan fingerprint density at radius 1 is 1.00 bits per heavy atom. The first-order chi connectivity index (χ1) is 10.5. The molecule has 0 bridgehead atoms. The molecule has 2 amide bonds. The molecule has 0 atom stereocenters. The van der Waals surface area contributed by atoms with E-state index in [1.54, 1.807) is 22.2 Å². The Morgan fingerprint density at radius 3 is 1.50 bits per heavy atom. The molecule has 0 spiro atoms. The predicted molar refractivity (Wildman–Crippen MR) is 84.7 cm³/mol. The van der Waals surface area contributed by atoms with E-state index in [1.165, 1.54) is 6.08 Å². The maximum atomic E-state index is 10.7. The molecule has 1 N–H and O–H groups in total. The lowest BCUT2D eigenvalue weighted by Crippen LogP contribution is -2.16. The SMILES string of the molecule is C=CCC(=O)O.C=CN1CCCC1=O.C=CN1CCCC1=O. The number of aliphatic carboxylic acids is 1. The van der Waals surface area contributed by atoms with Crippen LogP contribution in [0.2, 0.25) is 0 Å². The molecule has 6 nitrogen and oxygen atoms in total. The lowest BCUT2D eigenvalue weighted by atomic mass is 10.4. The minimum atomic E-state index is -0.829. The lowest BCUT2D eigenvalue weighted by Gasteiger charge is -2.05. The van der Waals surface area contributed by atoms with Crippen molar-refractivity contribution in [2.45, 2.75) is 32.1 Å². The first-order valence-electron chi connectivity index (χ1n) is 7.13. The van der Waals surface area contributed by atoms with E-state index in [4.69, 9.17) is 5.11 Å². The van der Waals surface area contributed by atoms with Gasteiger partial charge in [-0.25, -0.2) is 0 Å². The van der Waals surface area contributed by atoms with Crippen molar-refractivity contribution in [2.24, 2.45) is 0 Å². The minimum absolute atomic E-state index is 0.0556. The zero-order chi connectivity index (χ0) is 17.0. The molecule has 0 aromatic carbocycles. The average molecular weight is 308 g/mol. The van der Waals surface area contributed by atoms with Crippen molar-refractivity contribution in [3.8, 4) is 0 Å². The van der Waals surface area contributed by atoms with E-state index in [1.807, 2.05) is 0 Å². The first kappa shape index (κ1) is 19.6. The number of carbonyl (C=O) groups excluding carboxylic acids is 2. The van der Waals surface area contributed by atoms with Gasteiger partial charge >= 0.3 is 5.97 Å². The molecule has 2 fully saturated rings. The number of nitrogens with zero attached hydrogens (tertiary/aromatic N) is 2. The molecular formula is C16H24N2O4. The molecule has 2 heterocycles. The number of amides is 2. The van der Waals surface area contributed by atoms with Gasteiger partial charge < -0.3 is 14.9 Å². The summed E-state index contributed by atoms with van der Waals surface area (Å²) in [7, 11) is 0. The van der Waals surface area contributed by atoms with E-state index in [0.29, 0.717) is 12.8 Å². The fraction of sp³-hybridized carbons (Fsp3) is 0.438. The third kappa shape index (κ3) is 8.04. The average Bonchev–Trinajstić information content (AvgIpc) is 3.08. The molecule has 0 aliphatic carbocycles. The van der Waals surface area contributed by atoms with Crippen LogP contribution in [0.5, 0.6) is 0 Å². The van der Waals surface area contributed by atoms with Gasteiger partial charge in [0, 0.05) is 25.9 Å². The van der Waals surface area contributed by atoms with Crippen LogP contribution in [0.4, 0.5) is 0 Å². The first-order valence-corrected chi connectivity index (χ1v) is 7.13. The molecule has 22 heavy (non-hydrogen) atoms. The smallest absolute Gasteiger partial charge is 0.307 e. The van der Waals surface area contributed by atoms with Gasteiger partial charge in [0.2, 0.25) is 11.8 Å². The maximum Gasteiger partial charge on any atom is 0.307 e. The summed E-state index contributed by atoms with van der Waals surface area (Å²) in [5.41, 5.74) is 0. The van der Waals surface area contributed by atoms with Gasteiger partial charge in [-0.1, -0.05) is 19.2 Å². The quantitative estimate of drug-likeness (QED) is 0.807. The molecule has 0 unspecified atom stereocenters. The summed E-state index contributed by atoms with van der Waals surface area (Å²) < 4.78 is 0. The van der Waals surface area contributed by atoms with Crippen LogP contribution in [0.3, 0.4) is 0 Å². The van der Waals surface area contributed by atoms with Crippen molar-refractivity contribution < 1.29 is 19.5 Å². The van der Waals surface area contributed by atoms with Crippen molar-refractivity contribution in [3.63, 3.8) is 0 Å². The normalized spacial score (nSPS) is 16.2. The summed E-state index contributed by atoms with van der Waals surface area (Å²) in [4.78, 5) is 34.2. The molecule has 6 heteroatoms. The molecule has 122 valence electrons. The maximum absolute atomic E-state index is 10.7. The molecule has 2 saturated heterocycles. The molecular weight excluding hydrogens is 284 g/mol. The van der Waals surface area contributed by atoms with Gasteiger partial charge in [0.25, 0.3) is 0 Å². The Morgan fingerprint density at radius 2 is 1.41 bits per heavy atom. The monoisotopic (exact) mass is 308 g/mol. The van der Waals surface area contributed by atoms with E-state index in [0.717, 1.165) is 25.9 Å². The summed E-state index contributed by atoms with van der Waals surface area (Å²) in [6.07, 6.45) is 7.97. The van der Waals surface area contributed by atoms with Crippen LogP contribution in [-0.2, 0) is 14.4 Å². The zero-order valence-corrected chi connectivity index (χ0v) is 12.9. The van der Waals surface area contributed by atoms with Crippen molar-refractivity contribution in [1.29, 1.82) is 0 Å². The van der Waals surface area contributed by atoms with Crippen LogP contribution in [0.25, 0.3) is 0 Å². The molecule has 2 aliphatic heterocycles. The fourth-order valence-corrected chi connectivity index (χ4v) is 1.85. The lowest BCUT2D eigenvalue weighted by molar-refractivity contribution is -0.136. The zero-order valence-electron chi connectivity index (χ0n) is 12.9. The number of rotatable bonds is 4. The van der Waals surface area contributed by atoms with Gasteiger partial charge in [-0.15, -0.1) is 6.58 Å². The van der Waals surface area contributed by atoms with Crippen molar-refractivity contribution in [3.05, 3.63) is 38.2 Å². The van der Waals surface area contributed by atoms with Crippen LogP contribution in [0.15, 0.2) is 38.2 Å². The van der Waals surface area contributed by atoms with Gasteiger partial charge in [0.15, 0.2) is 0 Å². The Labute approximate surface area is 131 Å². The summed E-state index contributed by atoms with van der Waals surface area (Å²) >= 11 is 0. The van der Waals surface area contributed by atoms with E-state index in [9.17, 15) is 14.4 Å². The highest BCUT2D eigenvalue weighted by Crippen LogP contribution is 2.08. The summed E-state index contributed by atoms with van der Waals surface area (Å²) in [5.74, 6) is -0.412. The van der Waals surface area contributed by atoms with Crippen LogP contribution in [0, 0.1) is 0 Å². The Hall–Kier alpha value is -2.37. The topological polar surface area (TPSA) is 77.9 Å². The number of carboxylic acids is 1. The molecule has 0 saturated carbocycles. The highest BCUT2D eigenvalue weighted by Gasteiger charge is 2.16. The van der Waals surface area contributed by atoms with E-state index in [2.05, 4.69) is 19.7 Å². The van der Waals surface area contributed by atoms with E-state index >= 15 is 0 Å². The van der Waals surface area contributed by atoms with Crippen molar-refractivity contribution in [1.82, 2.24) is 9.80 Å². The standard InChI is InChI=1S/2C6H9NO.C4H6O2/c2*1-2-7-5-3-4-6(7)8;1-2-3-4(5)6/h2*2H,1,3-5H2;2H,1,3H2,(H,5,6). The highest BCUT2D eigenvalue weighted by molar-refractivity contribution is 5.79. The minimum Gasteiger partial charge on any atom is -0.481 e. The summed E-state index contributed by atoms with van der Waals surface area (Å²) in [6, 6.07) is 0. The number of carbonyl (C=O) groups is 3. The Bertz CT molecular complexity index is 402. The van der Waals surface area contributed by atoms with Crippen LogP contribution in [0.1, 0.15) is 32.1 Å². The van der Waals surface area contributed by atoms with Gasteiger partial charge in [-0.3, -0.25) is 14.4 Å². The second kappa shape index (κ2) is 11.3. The third-order valence-corrected chi connectivity index (χ3v) is 2.98. The van der Waals surface area contributed by atoms with Crippen LogP contribution >= 0.6 is 0 Å².